The lowest BCUT2D eigenvalue weighted by Crippen LogP contribution is -2.31. The molecule has 0 radical (unpaired) electrons. The molecule has 0 unspecified atom stereocenters. The average Bonchev–Trinajstić information content (AvgIpc) is 3.42. The molecular weight excluding hydrogens is 989 g/mol. The Balaban J connectivity index is 2.49. The van der Waals surface area contributed by atoms with Crippen molar-refractivity contribution in [1.29, 1.82) is 0 Å². The third-order valence-electron chi connectivity index (χ3n) is 13.1. The lowest BCUT2D eigenvalue weighted by molar-refractivity contribution is -0.159. The summed E-state index contributed by atoms with van der Waals surface area (Å²) < 4.78 is 64.2. The minimum atomic E-state index is -3.56. The molecule has 0 saturated carbocycles. The van der Waals surface area contributed by atoms with Crippen molar-refractivity contribution in [1.82, 2.24) is 9.62 Å². The molecule has 0 bridgehead atoms. The Bertz CT molecular complexity index is 1600. The number of unbranched alkanes of at least 4 members (excludes halogenated alkanes) is 16. The molecule has 444 valence electrons. The second-order valence-corrected chi connectivity index (χ2v) is 22.1. The van der Waals surface area contributed by atoms with Crippen molar-refractivity contribution in [3.05, 3.63) is 78.4 Å². The summed E-state index contributed by atoms with van der Waals surface area (Å²) in [6, 6.07) is 6.95. The van der Waals surface area contributed by atoms with Crippen LogP contribution in [-0.2, 0) is 48.0 Å². The van der Waals surface area contributed by atoms with E-state index in [0.29, 0.717) is 63.9 Å². The number of carbonyl (C=O) groups excluding carboxylic acids is 2. The molecule has 12 nitrogen and oxygen atoms in total. The monoisotopic (exact) mass is 1100 g/mol. The van der Waals surface area contributed by atoms with Gasteiger partial charge in [-0.15, -0.1) is 0 Å². The lowest BCUT2D eigenvalue weighted by atomic mass is 10.1. The first-order chi connectivity index (χ1) is 37.6. The van der Waals surface area contributed by atoms with Crippen LogP contribution in [0, 0.1) is 6.92 Å². The van der Waals surface area contributed by atoms with Gasteiger partial charge in [0.05, 0.1) is 31.0 Å². The number of esters is 2. The zero-order valence-electron chi connectivity index (χ0n) is 49.5. The fourth-order valence-electron chi connectivity index (χ4n) is 8.45. The van der Waals surface area contributed by atoms with Crippen molar-refractivity contribution < 1.29 is 46.4 Å². The summed E-state index contributed by atoms with van der Waals surface area (Å²) in [5, 5.41) is 0. The van der Waals surface area contributed by atoms with Crippen LogP contribution in [0.2, 0.25) is 0 Å². The molecular formula is C64H112N2O10S. The maximum atomic E-state index is 12.9. The predicted octanol–water partition coefficient (Wildman–Crippen LogP) is 15.8. The van der Waals surface area contributed by atoms with Crippen LogP contribution in [-0.4, -0.2) is 104 Å². The minimum absolute atomic E-state index is 0.196. The fourth-order valence-corrected chi connectivity index (χ4v) is 9.53. The highest BCUT2D eigenvalue weighted by atomic mass is 32.2. The molecule has 1 rings (SSSR count). The lowest BCUT2D eigenvalue weighted by Gasteiger charge is -2.22. The number of nitrogens with one attached hydrogen (secondary N) is 1. The first-order valence-electron chi connectivity index (χ1n) is 30.8. The number of aryl methyl sites for hydroxylation is 1. The molecule has 0 aliphatic heterocycles. The third kappa shape index (κ3) is 46.3. The molecule has 0 fully saturated rings. The number of sulfonamides is 1. The largest absolute Gasteiger partial charge is 0.466 e. The van der Waals surface area contributed by atoms with Crippen molar-refractivity contribution in [2.24, 2.45) is 0 Å². The molecule has 77 heavy (non-hydrogen) atoms. The van der Waals surface area contributed by atoms with Gasteiger partial charge in [0.2, 0.25) is 10.0 Å². The summed E-state index contributed by atoms with van der Waals surface area (Å²) in [5.41, 5.74) is 1.02. The van der Waals surface area contributed by atoms with E-state index in [4.69, 9.17) is 28.4 Å². The number of nitrogens with zero attached hydrogens (tertiary/aromatic N) is 1. The van der Waals surface area contributed by atoms with Gasteiger partial charge in [-0.05, 0) is 174 Å². The Hall–Kier alpha value is -3.17. The van der Waals surface area contributed by atoms with Crippen LogP contribution >= 0.6 is 0 Å². The number of rotatable bonds is 56. The second-order valence-electron chi connectivity index (χ2n) is 20.3. The summed E-state index contributed by atoms with van der Waals surface area (Å²) in [4.78, 5) is 28.1. The van der Waals surface area contributed by atoms with E-state index in [1.165, 1.54) is 0 Å². The van der Waals surface area contributed by atoms with E-state index in [1.807, 2.05) is 19.1 Å². The van der Waals surface area contributed by atoms with Crippen LogP contribution in [0.1, 0.15) is 232 Å². The number of ether oxygens (including phenoxy) is 6. The molecule has 1 aromatic rings. The summed E-state index contributed by atoms with van der Waals surface area (Å²) in [6.45, 7) is 17.0. The van der Waals surface area contributed by atoms with Gasteiger partial charge in [-0.1, -0.05) is 133 Å². The maximum absolute atomic E-state index is 12.9. The van der Waals surface area contributed by atoms with Crippen LogP contribution in [0.4, 0.5) is 0 Å². The molecule has 0 aliphatic rings. The van der Waals surface area contributed by atoms with Gasteiger partial charge in [-0.25, -0.2) is 13.1 Å². The SMILES string of the molecule is CC/C=C\CCCCOC(CCC(=O)OCCCCCCCN(CCCCCCCOC(=O)CCC(OCCCC/C=C\CC)OCCCC/C=C\CC)CCCNS(=O)(=O)c1ccc(C)cc1)OCCCC/C=C\CC. The number of carbonyl (C=O) groups is 2. The van der Waals surface area contributed by atoms with Crippen molar-refractivity contribution >= 4 is 22.0 Å². The zero-order chi connectivity index (χ0) is 56.0. The molecule has 0 aromatic heterocycles. The molecule has 0 amide bonds. The number of hydrogen-bond donors (Lipinski definition) is 1. The molecule has 1 N–H and O–H groups in total. The number of benzene rings is 1. The van der Waals surface area contributed by atoms with E-state index < -0.39 is 22.6 Å². The molecule has 1 aromatic carbocycles. The highest BCUT2D eigenvalue weighted by molar-refractivity contribution is 7.89. The number of allylic oxidation sites excluding steroid dienone is 8. The highest BCUT2D eigenvalue weighted by Crippen LogP contribution is 2.15. The van der Waals surface area contributed by atoms with Gasteiger partial charge in [0.15, 0.2) is 12.6 Å². The predicted molar refractivity (Wildman–Crippen MR) is 318 cm³/mol. The Morgan fingerprint density at radius 3 is 1.17 bits per heavy atom. The maximum Gasteiger partial charge on any atom is 0.305 e. The summed E-state index contributed by atoms with van der Waals surface area (Å²) in [7, 11) is -3.56. The highest BCUT2D eigenvalue weighted by Gasteiger charge is 2.16. The Labute approximate surface area is 471 Å². The van der Waals surface area contributed by atoms with Gasteiger partial charge < -0.3 is 33.3 Å². The van der Waals surface area contributed by atoms with Gasteiger partial charge in [-0.3, -0.25) is 9.59 Å². The van der Waals surface area contributed by atoms with Gasteiger partial charge in [0.1, 0.15) is 0 Å². The third-order valence-corrected chi connectivity index (χ3v) is 14.6. The molecule has 0 spiro atoms. The van der Waals surface area contributed by atoms with Crippen LogP contribution in [0.25, 0.3) is 0 Å². The second kappa shape index (κ2) is 53.5. The van der Waals surface area contributed by atoms with E-state index in [9.17, 15) is 18.0 Å². The molecule has 0 heterocycles. The van der Waals surface area contributed by atoms with Crippen LogP contribution in [0.15, 0.2) is 77.8 Å². The summed E-state index contributed by atoms with van der Waals surface area (Å²) in [5.74, 6) is -0.393. The standard InChI is InChI=1S/C64H112N2O10S/c1-6-10-14-18-26-36-55-73-63(74-56-37-27-19-15-11-7-2)47-45-61(67)71-53-34-30-22-24-32-50-66(52-40-49-65-77(69,70)60-43-41-59(5)42-44-60)51-33-25-23-31-35-54-72-62(68)46-48-64(75-57-38-28-20-16-12-8-3)76-58-39-29-21-17-13-9-4/h10-17,41-44,63-65H,6-9,18-40,45-58H2,1-5H3/b14-10-,15-11-,16-12-,17-13-. The zero-order valence-corrected chi connectivity index (χ0v) is 50.3. The van der Waals surface area contributed by atoms with Gasteiger partial charge in [0, 0.05) is 45.8 Å². The van der Waals surface area contributed by atoms with Crippen LogP contribution < -0.4 is 4.72 Å². The van der Waals surface area contributed by atoms with E-state index in [0.717, 1.165) is 199 Å². The molecule has 0 atom stereocenters. The molecule has 0 aliphatic carbocycles. The smallest absolute Gasteiger partial charge is 0.305 e. The van der Waals surface area contributed by atoms with Crippen LogP contribution in [0.5, 0.6) is 0 Å². The van der Waals surface area contributed by atoms with Crippen molar-refractivity contribution in [2.45, 2.75) is 251 Å². The van der Waals surface area contributed by atoms with Crippen molar-refractivity contribution in [2.75, 3.05) is 65.8 Å². The quantitative estimate of drug-likeness (QED) is 0.0289. The first kappa shape index (κ1) is 71.8. The van der Waals surface area contributed by atoms with Gasteiger partial charge >= 0.3 is 11.9 Å². The Kier molecular flexibility index (Phi) is 49.9. The van der Waals surface area contributed by atoms with Crippen LogP contribution in [0.3, 0.4) is 0 Å². The Morgan fingerprint density at radius 2 is 0.792 bits per heavy atom. The Morgan fingerprint density at radius 1 is 0.455 bits per heavy atom. The minimum Gasteiger partial charge on any atom is -0.466 e. The van der Waals surface area contributed by atoms with Crippen molar-refractivity contribution in [3.8, 4) is 0 Å². The fraction of sp³-hybridized carbons (Fsp3) is 0.750. The van der Waals surface area contributed by atoms with Gasteiger partial charge in [0.25, 0.3) is 0 Å². The van der Waals surface area contributed by atoms with E-state index >= 15 is 0 Å². The summed E-state index contributed by atoms with van der Waals surface area (Å²) in [6.07, 6.45) is 45.9. The summed E-state index contributed by atoms with van der Waals surface area (Å²) >= 11 is 0. The van der Waals surface area contributed by atoms with Crippen molar-refractivity contribution in [3.63, 3.8) is 0 Å². The normalized spacial score (nSPS) is 12.4. The van der Waals surface area contributed by atoms with Gasteiger partial charge in [-0.2, -0.15) is 0 Å². The molecule has 0 saturated heterocycles. The number of hydrogen-bond acceptors (Lipinski definition) is 11. The van der Waals surface area contributed by atoms with E-state index in [1.54, 1.807) is 12.1 Å². The average molecular weight is 1100 g/mol. The first-order valence-corrected chi connectivity index (χ1v) is 32.3. The topological polar surface area (TPSA) is 139 Å². The molecule has 13 heteroatoms. The van der Waals surface area contributed by atoms with E-state index in [-0.39, 0.29) is 24.8 Å². The van der Waals surface area contributed by atoms with E-state index in [2.05, 4.69) is 85.9 Å².